The number of carboxylic acids is 1. The van der Waals surface area contributed by atoms with Gasteiger partial charge in [-0.25, -0.2) is 0 Å². The highest BCUT2D eigenvalue weighted by Gasteiger charge is 2.37. The Bertz CT molecular complexity index is 430. The van der Waals surface area contributed by atoms with E-state index < -0.39 is 11.5 Å². The number of rotatable bonds is 8. The largest absolute Gasteiger partial charge is 0.508 e. The first kappa shape index (κ1) is 16.5. The van der Waals surface area contributed by atoms with E-state index in [9.17, 15) is 15.0 Å². The molecule has 0 saturated carbocycles. The molecule has 2 atom stereocenters. The van der Waals surface area contributed by atoms with Crippen LogP contribution in [-0.2, 0) is 11.2 Å². The Morgan fingerprint density at radius 2 is 1.90 bits per heavy atom. The average molecular weight is 279 g/mol. The van der Waals surface area contributed by atoms with Gasteiger partial charge in [-0.05, 0) is 37.5 Å². The monoisotopic (exact) mass is 279 g/mol. The van der Waals surface area contributed by atoms with E-state index in [1.165, 1.54) is 0 Å². The van der Waals surface area contributed by atoms with Gasteiger partial charge < -0.3 is 10.2 Å². The van der Waals surface area contributed by atoms with Gasteiger partial charge in [-0.15, -0.1) is 0 Å². The topological polar surface area (TPSA) is 69.6 Å². The molecule has 0 saturated heterocycles. The highest BCUT2D eigenvalue weighted by molar-refractivity contribution is 5.79. The molecule has 3 N–H and O–H groups in total. The second-order valence-corrected chi connectivity index (χ2v) is 5.42. The third-order valence-electron chi connectivity index (χ3n) is 3.70. The summed E-state index contributed by atoms with van der Waals surface area (Å²) in [6.45, 7) is 6.00. The fourth-order valence-electron chi connectivity index (χ4n) is 2.51. The van der Waals surface area contributed by atoms with Gasteiger partial charge in [-0.2, -0.15) is 0 Å². The number of carbonyl (C=O) groups is 1. The number of carboxylic acid groups (broad SMARTS) is 1. The van der Waals surface area contributed by atoms with Crippen LogP contribution < -0.4 is 5.32 Å². The first-order valence-corrected chi connectivity index (χ1v) is 7.22. The third kappa shape index (κ3) is 4.23. The first-order valence-electron chi connectivity index (χ1n) is 7.22. The maximum absolute atomic E-state index is 11.8. The van der Waals surface area contributed by atoms with Crippen LogP contribution in [0.2, 0.25) is 0 Å². The Balaban J connectivity index is 2.92. The predicted octanol–water partition coefficient (Wildman–Crippen LogP) is 2.95. The molecular weight excluding hydrogens is 254 g/mol. The summed E-state index contributed by atoms with van der Waals surface area (Å²) in [6.07, 6.45) is 2.89. The van der Waals surface area contributed by atoms with Crippen molar-refractivity contribution in [2.75, 3.05) is 0 Å². The van der Waals surface area contributed by atoms with Crippen molar-refractivity contribution < 1.29 is 15.0 Å². The maximum atomic E-state index is 11.8. The van der Waals surface area contributed by atoms with Crippen molar-refractivity contribution in [2.24, 2.45) is 0 Å². The zero-order valence-corrected chi connectivity index (χ0v) is 12.5. The molecule has 0 amide bonds. The Morgan fingerprint density at radius 1 is 1.30 bits per heavy atom. The SMILES string of the molecule is CCCC(C)N[C@@](CC)(Cc1ccc(O)cc1)C(=O)O. The van der Waals surface area contributed by atoms with Crippen molar-refractivity contribution >= 4 is 5.97 Å². The summed E-state index contributed by atoms with van der Waals surface area (Å²) in [5.74, 6) is -0.630. The van der Waals surface area contributed by atoms with E-state index in [0.29, 0.717) is 12.8 Å². The van der Waals surface area contributed by atoms with E-state index >= 15 is 0 Å². The van der Waals surface area contributed by atoms with E-state index in [-0.39, 0.29) is 11.8 Å². The number of aliphatic carboxylic acids is 1. The fourth-order valence-corrected chi connectivity index (χ4v) is 2.51. The minimum absolute atomic E-state index is 0.160. The standard InChI is InChI=1S/C16H25NO3/c1-4-6-12(3)17-16(5-2,15(19)20)11-13-7-9-14(18)10-8-13/h7-10,12,17-18H,4-6,11H2,1-3H3,(H,19,20)/t12?,16-/m0/s1. The molecule has 0 spiro atoms. The molecule has 0 aromatic heterocycles. The lowest BCUT2D eigenvalue weighted by Gasteiger charge is -2.33. The number of phenolic OH excluding ortho intramolecular Hbond substituents is 1. The lowest BCUT2D eigenvalue weighted by molar-refractivity contribution is -0.145. The smallest absolute Gasteiger partial charge is 0.324 e. The fraction of sp³-hybridized carbons (Fsp3) is 0.562. The summed E-state index contributed by atoms with van der Waals surface area (Å²) in [7, 11) is 0. The maximum Gasteiger partial charge on any atom is 0.324 e. The zero-order chi connectivity index (χ0) is 15.2. The van der Waals surface area contributed by atoms with Gasteiger partial charge in [-0.3, -0.25) is 10.1 Å². The predicted molar refractivity (Wildman–Crippen MR) is 80.0 cm³/mol. The number of nitrogens with one attached hydrogen (secondary N) is 1. The second-order valence-electron chi connectivity index (χ2n) is 5.42. The number of aromatic hydroxyl groups is 1. The van der Waals surface area contributed by atoms with E-state index in [1.807, 2.05) is 13.8 Å². The van der Waals surface area contributed by atoms with Crippen LogP contribution in [0.4, 0.5) is 0 Å². The molecule has 0 fully saturated rings. The Hall–Kier alpha value is -1.55. The van der Waals surface area contributed by atoms with E-state index in [2.05, 4.69) is 12.2 Å². The molecule has 1 unspecified atom stereocenters. The van der Waals surface area contributed by atoms with Crippen molar-refractivity contribution in [3.63, 3.8) is 0 Å². The van der Waals surface area contributed by atoms with Crippen molar-refractivity contribution in [2.45, 2.75) is 58.0 Å². The van der Waals surface area contributed by atoms with E-state index in [1.54, 1.807) is 24.3 Å². The summed E-state index contributed by atoms with van der Waals surface area (Å²) in [4.78, 5) is 11.8. The average Bonchev–Trinajstić information content (AvgIpc) is 2.40. The van der Waals surface area contributed by atoms with Gasteiger partial charge in [-0.1, -0.05) is 32.4 Å². The molecule has 4 heteroatoms. The van der Waals surface area contributed by atoms with Crippen LogP contribution in [0.15, 0.2) is 24.3 Å². The van der Waals surface area contributed by atoms with Gasteiger partial charge in [0.25, 0.3) is 0 Å². The molecule has 0 radical (unpaired) electrons. The molecule has 1 aromatic carbocycles. The molecule has 4 nitrogen and oxygen atoms in total. The van der Waals surface area contributed by atoms with Gasteiger partial charge in [0.05, 0.1) is 0 Å². The Kier molecular flexibility index (Phi) is 6.02. The highest BCUT2D eigenvalue weighted by Crippen LogP contribution is 2.21. The lowest BCUT2D eigenvalue weighted by Crippen LogP contribution is -2.56. The molecule has 0 aliphatic heterocycles. The van der Waals surface area contributed by atoms with Crippen molar-refractivity contribution in [1.82, 2.24) is 5.32 Å². The quantitative estimate of drug-likeness (QED) is 0.684. The molecule has 0 aliphatic rings. The van der Waals surface area contributed by atoms with Gasteiger partial charge in [0, 0.05) is 12.5 Å². The number of phenols is 1. The van der Waals surface area contributed by atoms with Gasteiger partial charge in [0.2, 0.25) is 0 Å². The molecule has 0 heterocycles. The molecule has 1 aromatic rings. The van der Waals surface area contributed by atoms with Crippen molar-refractivity contribution in [1.29, 1.82) is 0 Å². The van der Waals surface area contributed by atoms with Crippen LogP contribution in [0.1, 0.15) is 45.6 Å². The molecule has 0 bridgehead atoms. The minimum Gasteiger partial charge on any atom is -0.508 e. The molecule has 0 aliphatic carbocycles. The second kappa shape index (κ2) is 7.29. The van der Waals surface area contributed by atoms with Crippen molar-refractivity contribution in [3.05, 3.63) is 29.8 Å². The van der Waals surface area contributed by atoms with E-state index in [4.69, 9.17) is 0 Å². The van der Waals surface area contributed by atoms with Crippen LogP contribution in [0, 0.1) is 0 Å². The summed E-state index contributed by atoms with van der Waals surface area (Å²) < 4.78 is 0. The Labute approximate surface area is 120 Å². The van der Waals surface area contributed by atoms with E-state index in [0.717, 1.165) is 18.4 Å². The molecule has 112 valence electrons. The van der Waals surface area contributed by atoms with Crippen LogP contribution >= 0.6 is 0 Å². The molecular formula is C16H25NO3. The number of hydrogen-bond acceptors (Lipinski definition) is 3. The highest BCUT2D eigenvalue weighted by atomic mass is 16.4. The lowest BCUT2D eigenvalue weighted by atomic mass is 9.87. The molecule has 1 rings (SSSR count). The summed E-state index contributed by atoms with van der Waals surface area (Å²) in [5.41, 5.74) is -0.0470. The normalized spacial score (nSPS) is 15.6. The van der Waals surface area contributed by atoms with Gasteiger partial charge >= 0.3 is 5.97 Å². The van der Waals surface area contributed by atoms with Crippen LogP contribution in [0.5, 0.6) is 5.75 Å². The minimum atomic E-state index is -0.953. The van der Waals surface area contributed by atoms with Gasteiger partial charge in [0.1, 0.15) is 11.3 Å². The summed E-state index contributed by atoms with van der Waals surface area (Å²) in [5, 5.41) is 22.2. The number of benzene rings is 1. The Morgan fingerprint density at radius 3 is 2.35 bits per heavy atom. The van der Waals surface area contributed by atoms with Crippen LogP contribution in [0.25, 0.3) is 0 Å². The van der Waals surface area contributed by atoms with Crippen LogP contribution in [0.3, 0.4) is 0 Å². The zero-order valence-electron chi connectivity index (χ0n) is 12.5. The third-order valence-corrected chi connectivity index (χ3v) is 3.70. The summed E-state index contributed by atoms with van der Waals surface area (Å²) in [6, 6.07) is 6.89. The molecule has 20 heavy (non-hydrogen) atoms. The van der Waals surface area contributed by atoms with Crippen LogP contribution in [-0.4, -0.2) is 27.8 Å². The summed E-state index contributed by atoms with van der Waals surface area (Å²) >= 11 is 0. The number of hydrogen-bond donors (Lipinski definition) is 3. The first-order chi connectivity index (χ1) is 9.43. The van der Waals surface area contributed by atoms with Crippen molar-refractivity contribution in [3.8, 4) is 5.75 Å². The van der Waals surface area contributed by atoms with Gasteiger partial charge in [0.15, 0.2) is 0 Å².